The summed E-state index contributed by atoms with van der Waals surface area (Å²) in [5.41, 5.74) is 8.99. The third-order valence-electron chi connectivity index (χ3n) is 2.36. The van der Waals surface area contributed by atoms with Crippen molar-refractivity contribution in [3.8, 4) is 0 Å². The highest BCUT2D eigenvalue weighted by Crippen LogP contribution is 2.16. The van der Waals surface area contributed by atoms with Gasteiger partial charge in [0.2, 0.25) is 0 Å². The lowest BCUT2D eigenvalue weighted by Crippen LogP contribution is -1.99. The first-order valence-corrected chi connectivity index (χ1v) is 5.00. The largest absolute Gasteiger partial charge is 0.399 e. The van der Waals surface area contributed by atoms with Crippen LogP contribution in [0.1, 0.15) is 31.4 Å². The Kier molecular flexibility index (Phi) is 3.69. The lowest BCUT2D eigenvalue weighted by Gasteiger charge is -2.06. The number of nitrogens with two attached hydrogens (primary N) is 1. The smallest absolute Gasteiger partial charge is 0.130 e. The summed E-state index contributed by atoms with van der Waals surface area (Å²) in [4.78, 5) is 10.8. The molecule has 0 fully saturated rings. The zero-order chi connectivity index (χ0) is 10.6. The molecule has 14 heavy (non-hydrogen) atoms. The number of ketones is 1. The number of carbonyl (C=O) groups excluding carboxylic acids is 1. The van der Waals surface area contributed by atoms with E-state index in [2.05, 4.69) is 13.0 Å². The highest BCUT2D eigenvalue weighted by atomic mass is 16.1. The molecule has 0 radical (unpaired) electrons. The fourth-order valence-corrected chi connectivity index (χ4v) is 1.41. The Balaban J connectivity index is 2.78. The molecule has 0 atom stereocenters. The summed E-state index contributed by atoms with van der Waals surface area (Å²) in [5, 5.41) is 0. The number of anilines is 1. The van der Waals surface area contributed by atoms with Crippen molar-refractivity contribution in [3.63, 3.8) is 0 Å². The summed E-state index contributed by atoms with van der Waals surface area (Å²) in [6.45, 7) is 3.72. The van der Waals surface area contributed by atoms with Gasteiger partial charge in [-0.1, -0.05) is 19.1 Å². The molecule has 0 spiro atoms. The van der Waals surface area contributed by atoms with Crippen LogP contribution < -0.4 is 5.73 Å². The molecule has 0 aliphatic heterocycles. The van der Waals surface area contributed by atoms with Crippen molar-refractivity contribution in [3.05, 3.63) is 29.3 Å². The Hall–Kier alpha value is -1.31. The predicted octanol–water partition coefficient (Wildman–Crippen LogP) is 2.35. The second kappa shape index (κ2) is 4.80. The topological polar surface area (TPSA) is 43.1 Å². The summed E-state index contributed by atoms with van der Waals surface area (Å²) in [7, 11) is 0. The second-order valence-corrected chi connectivity index (χ2v) is 3.59. The molecule has 0 aliphatic rings. The molecule has 0 aromatic heterocycles. The highest BCUT2D eigenvalue weighted by Gasteiger charge is 2.02. The molecular weight excluding hydrogens is 174 g/mol. The predicted molar refractivity (Wildman–Crippen MR) is 59.2 cm³/mol. The number of rotatable bonds is 4. The Morgan fingerprint density at radius 2 is 2.14 bits per heavy atom. The van der Waals surface area contributed by atoms with Gasteiger partial charge in [0, 0.05) is 12.1 Å². The van der Waals surface area contributed by atoms with E-state index < -0.39 is 0 Å². The van der Waals surface area contributed by atoms with Gasteiger partial charge in [-0.2, -0.15) is 0 Å². The van der Waals surface area contributed by atoms with E-state index in [0.717, 1.165) is 24.1 Å². The van der Waals surface area contributed by atoms with Crippen LogP contribution in [0.15, 0.2) is 18.2 Å². The maximum Gasteiger partial charge on any atom is 0.130 e. The minimum absolute atomic E-state index is 0.214. The Labute approximate surface area is 85.1 Å². The summed E-state index contributed by atoms with van der Waals surface area (Å²) in [6, 6.07) is 6.05. The lowest BCUT2D eigenvalue weighted by atomic mass is 10.0. The molecule has 1 aromatic rings. The SMILES string of the molecule is CCc1ccc(N)c(CCC(C)=O)c1. The van der Waals surface area contributed by atoms with Crippen molar-refractivity contribution in [2.24, 2.45) is 0 Å². The summed E-state index contributed by atoms with van der Waals surface area (Å²) < 4.78 is 0. The van der Waals surface area contributed by atoms with Crippen molar-refractivity contribution >= 4 is 11.5 Å². The third kappa shape index (κ3) is 2.87. The van der Waals surface area contributed by atoms with Gasteiger partial charge in [0.25, 0.3) is 0 Å². The van der Waals surface area contributed by atoms with Crippen molar-refractivity contribution in [2.75, 3.05) is 5.73 Å². The van der Waals surface area contributed by atoms with Crippen molar-refractivity contribution in [1.29, 1.82) is 0 Å². The lowest BCUT2D eigenvalue weighted by molar-refractivity contribution is -0.116. The monoisotopic (exact) mass is 191 g/mol. The van der Waals surface area contributed by atoms with E-state index >= 15 is 0 Å². The molecule has 0 unspecified atom stereocenters. The Bertz CT molecular complexity index is 331. The normalized spacial score (nSPS) is 10.1. The molecule has 2 N–H and O–H groups in total. The molecule has 2 nitrogen and oxygen atoms in total. The van der Waals surface area contributed by atoms with Gasteiger partial charge in [-0.25, -0.2) is 0 Å². The average Bonchev–Trinajstić information content (AvgIpc) is 2.16. The summed E-state index contributed by atoms with van der Waals surface area (Å²) in [5.74, 6) is 0.214. The molecule has 0 saturated carbocycles. The first-order chi connectivity index (χ1) is 6.63. The summed E-state index contributed by atoms with van der Waals surface area (Å²) in [6.07, 6.45) is 2.35. The number of carbonyl (C=O) groups is 1. The number of Topliss-reactive ketones (excluding diaryl/α,β-unsaturated/α-hetero) is 1. The minimum Gasteiger partial charge on any atom is -0.399 e. The first-order valence-electron chi connectivity index (χ1n) is 5.00. The van der Waals surface area contributed by atoms with Crippen LogP contribution in [0.4, 0.5) is 5.69 Å². The second-order valence-electron chi connectivity index (χ2n) is 3.59. The fourth-order valence-electron chi connectivity index (χ4n) is 1.41. The molecule has 0 saturated heterocycles. The zero-order valence-corrected chi connectivity index (χ0v) is 8.84. The van der Waals surface area contributed by atoms with Gasteiger partial charge in [0.05, 0.1) is 0 Å². The van der Waals surface area contributed by atoms with Gasteiger partial charge in [0.15, 0.2) is 0 Å². The third-order valence-corrected chi connectivity index (χ3v) is 2.36. The van der Waals surface area contributed by atoms with E-state index in [-0.39, 0.29) is 5.78 Å². The minimum atomic E-state index is 0.214. The number of aryl methyl sites for hydroxylation is 2. The average molecular weight is 191 g/mol. The Morgan fingerprint density at radius 3 is 2.71 bits per heavy atom. The van der Waals surface area contributed by atoms with Crippen LogP contribution in [0.2, 0.25) is 0 Å². The molecule has 1 rings (SSSR count). The number of hydrogen-bond acceptors (Lipinski definition) is 2. The van der Waals surface area contributed by atoms with Crippen molar-refractivity contribution in [2.45, 2.75) is 33.1 Å². The molecular formula is C12H17NO. The molecule has 0 aliphatic carbocycles. The molecule has 0 amide bonds. The van der Waals surface area contributed by atoms with Gasteiger partial charge in [-0.15, -0.1) is 0 Å². The highest BCUT2D eigenvalue weighted by molar-refractivity contribution is 5.76. The fraction of sp³-hybridized carbons (Fsp3) is 0.417. The van der Waals surface area contributed by atoms with Crippen LogP contribution in [0.3, 0.4) is 0 Å². The van der Waals surface area contributed by atoms with Crippen LogP contribution in [0.25, 0.3) is 0 Å². The zero-order valence-electron chi connectivity index (χ0n) is 8.84. The van der Waals surface area contributed by atoms with Gasteiger partial charge < -0.3 is 10.5 Å². The quantitative estimate of drug-likeness (QED) is 0.742. The molecule has 2 heteroatoms. The van der Waals surface area contributed by atoms with E-state index in [9.17, 15) is 4.79 Å². The molecule has 76 valence electrons. The summed E-state index contributed by atoms with van der Waals surface area (Å²) >= 11 is 0. The van der Waals surface area contributed by atoms with E-state index in [1.807, 2.05) is 12.1 Å². The van der Waals surface area contributed by atoms with E-state index in [1.165, 1.54) is 5.56 Å². The molecule has 1 aromatic carbocycles. The van der Waals surface area contributed by atoms with Crippen LogP contribution >= 0.6 is 0 Å². The number of hydrogen-bond donors (Lipinski definition) is 1. The maximum atomic E-state index is 10.8. The van der Waals surface area contributed by atoms with E-state index in [4.69, 9.17) is 5.73 Å². The van der Waals surface area contributed by atoms with E-state index in [0.29, 0.717) is 6.42 Å². The van der Waals surface area contributed by atoms with Gasteiger partial charge in [-0.05, 0) is 37.0 Å². The molecule has 0 heterocycles. The van der Waals surface area contributed by atoms with Crippen LogP contribution in [-0.4, -0.2) is 5.78 Å². The van der Waals surface area contributed by atoms with Crippen LogP contribution in [0, 0.1) is 0 Å². The standard InChI is InChI=1S/C12H17NO/c1-3-10-5-7-12(13)11(8-10)6-4-9(2)14/h5,7-8H,3-4,6,13H2,1-2H3. The van der Waals surface area contributed by atoms with Gasteiger partial charge >= 0.3 is 0 Å². The van der Waals surface area contributed by atoms with Gasteiger partial charge in [-0.3, -0.25) is 0 Å². The van der Waals surface area contributed by atoms with Gasteiger partial charge in [0.1, 0.15) is 5.78 Å². The van der Waals surface area contributed by atoms with E-state index in [1.54, 1.807) is 6.92 Å². The maximum absolute atomic E-state index is 10.8. The van der Waals surface area contributed by atoms with Crippen molar-refractivity contribution in [1.82, 2.24) is 0 Å². The number of benzene rings is 1. The molecule has 0 bridgehead atoms. The van der Waals surface area contributed by atoms with Crippen LogP contribution in [0.5, 0.6) is 0 Å². The van der Waals surface area contributed by atoms with Crippen LogP contribution in [-0.2, 0) is 17.6 Å². The Morgan fingerprint density at radius 1 is 1.43 bits per heavy atom. The first kappa shape index (κ1) is 10.8. The van der Waals surface area contributed by atoms with Crippen molar-refractivity contribution < 1.29 is 4.79 Å². The number of nitrogen functional groups attached to an aromatic ring is 1.